The molecule has 1 rings (SSSR count). The smallest absolute Gasteiger partial charge is 0.303 e. The highest BCUT2D eigenvalue weighted by molar-refractivity contribution is 7.09. The van der Waals surface area contributed by atoms with Crippen LogP contribution in [0.25, 0.3) is 0 Å². The molecule has 1 aromatic heterocycles. The van der Waals surface area contributed by atoms with Gasteiger partial charge in [-0.25, -0.2) is 4.98 Å². The van der Waals surface area contributed by atoms with Gasteiger partial charge in [-0.05, 0) is 24.7 Å². The molecule has 5 nitrogen and oxygen atoms in total. The van der Waals surface area contributed by atoms with E-state index in [2.05, 4.69) is 28.5 Å². The molecule has 2 N–H and O–H groups in total. The quantitative estimate of drug-likeness (QED) is 0.729. The Balaban J connectivity index is 2.33. The van der Waals surface area contributed by atoms with Crippen LogP contribution in [0.2, 0.25) is 0 Å². The number of aryl methyl sites for hydroxylation is 1. The Morgan fingerprint density at radius 2 is 2.16 bits per heavy atom. The van der Waals surface area contributed by atoms with Crippen LogP contribution in [0.15, 0.2) is 0 Å². The van der Waals surface area contributed by atoms with E-state index in [9.17, 15) is 4.79 Å². The number of aliphatic carboxylic acids is 1. The summed E-state index contributed by atoms with van der Waals surface area (Å²) in [4.78, 5) is 15.0. The van der Waals surface area contributed by atoms with Gasteiger partial charge in [-0.1, -0.05) is 20.8 Å². The summed E-state index contributed by atoms with van der Waals surface area (Å²) in [7, 11) is 0. The topological polar surface area (TPSA) is 75.1 Å². The third kappa shape index (κ3) is 6.00. The Labute approximate surface area is 118 Å². The number of nitrogens with one attached hydrogen (secondary N) is 1. The maximum Gasteiger partial charge on any atom is 0.303 e. The first kappa shape index (κ1) is 15.9. The average Bonchev–Trinajstić information content (AvgIpc) is 2.80. The lowest BCUT2D eigenvalue weighted by Gasteiger charge is -2.19. The van der Waals surface area contributed by atoms with Gasteiger partial charge in [-0.2, -0.15) is 4.37 Å². The van der Waals surface area contributed by atoms with Gasteiger partial charge in [0.2, 0.25) is 5.13 Å². The first-order valence-corrected chi connectivity index (χ1v) is 7.58. The Kier molecular flexibility index (Phi) is 6.77. The minimum absolute atomic E-state index is 0.252. The van der Waals surface area contributed by atoms with Gasteiger partial charge in [-0.15, -0.1) is 0 Å². The van der Waals surface area contributed by atoms with Crippen LogP contribution in [0.1, 0.15) is 45.9 Å². The molecular weight excluding hydrogens is 262 g/mol. The van der Waals surface area contributed by atoms with E-state index in [-0.39, 0.29) is 6.42 Å². The second kappa shape index (κ2) is 8.09. The Bertz CT molecular complexity index is 393. The maximum absolute atomic E-state index is 10.6. The maximum atomic E-state index is 10.6. The largest absolute Gasteiger partial charge is 0.481 e. The van der Waals surface area contributed by atoms with E-state index in [4.69, 9.17) is 5.11 Å². The monoisotopic (exact) mass is 285 g/mol. The summed E-state index contributed by atoms with van der Waals surface area (Å²) in [6, 6.07) is 0. The molecule has 19 heavy (non-hydrogen) atoms. The summed E-state index contributed by atoms with van der Waals surface area (Å²) in [5.74, 6) is 1.10. The van der Waals surface area contributed by atoms with Crippen molar-refractivity contribution in [2.75, 3.05) is 11.9 Å². The van der Waals surface area contributed by atoms with E-state index in [1.807, 2.05) is 6.92 Å². The van der Waals surface area contributed by atoms with Crippen molar-refractivity contribution in [3.63, 3.8) is 0 Å². The molecule has 0 saturated heterocycles. The summed E-state index contributed by atoms with van der Waals surface area (Å²) in [5.41, 5.74) is 0. The Morgan fingerprint density at radius 3 is 2.68 bits per heavy atom. The van der Waals surface area contributed by atoms with Crippen molar-refractivity contribution in [3.05, 3.63) is 5.82 Å². The molecule has 1 atom stereocenters. The van der Waals surface area contributed by atoms with Crippen molar-refractivity contribution in [1.82, 2.24) is 9.36 Å². The number of anilines is 1. The third-order valence-electron chi connectivity index (χ3n) is 3.25. The van der Waals surface area contributed by atoms with Crippen molar-refractivity contribution in [1.29, 1.82) is 0 Å². The van der Waals surface area contributed by atoms with Crippen LogP contribution in [0.5, 0.6) is 0 Å². The van der Waals surface area contributed by atoms with Gasteiger partial charge in [0.15, 0.2) is 0 Å². The zero-order valence-electron chi connectivity index (χ0n) is 11.8. The van der Waals surface area contributed by atoms with E-state index in [0.29, 0.717) is 11.8 Å². The minimum atomic E-state index is -0.713. The molecule has 0 aliphatic heterocycles. The number of carboxylic acid groups (broad SMARTS) is 1. The number of rotatable bonds is 9. The van der Waals surface area contributed by atoms with E-state index in [1.54, 1.807) is 0 Å². The van der Waals surface area contributed by atoms with Crippen LogP contribution < -0.4 is 5.32 Å². The van der Waals surface area contributed by atoms with Crippen LogP contribution in [0.4, 0.5) is 5.13 Å². The average molecular weight is 285 g/mol. The highest BCUT2D eigenvalue weighted by Crippen LogP contribution is 2.21. The molecule has 108 valence electrons. The van der Waals surface area contributed by atoms with Gasteiger partial charge in [0, 0.05) is 30.9 Å². The van der Waals surface area contributed by atoms with E-state index in [0.717, 1.165) is 36.8 Å². The summed E-state index contributed by atoms with van der Waals surface area (Å²) >= 11 is 1.39. The Morgan fingerprint density at radius 1 is 1.42 bits per heavy atom. The SMILES string of the molecule is CCc1nsc(NCCC(CCC(=O)O)C(C)C)n1. The molecule has 1 aromatic rings. The van der Waals surface area contributed by atoms with Crippen LogP contribution in [0, 0.1) is 11.8 Å². The van der Waals surface area contributed by atoms with Crippen LogP contribution >= 0.6 is 11.5 Å². The van der Waals surface area contributed by atoms with Gasteiger partial charge in [0.1, 0.15) is 5.82 Å². The molecule has 0 aliphatic rings. The second-order valence-corrected chi connectivity index (χ2v) is 5.77. The first-order chi connectivity index (χ1) is 9.02. The molecule has 1 unspecified atom stereocenters. The second-order valence-electron chi connectivity index (χ2n) is 5.02. The Hall–Kier alpha value is -1.17. The molecule has 0 amide bonds. The van der Waals surface area contributed by atoms with Crippen LogP contribution in [-0.2, 0) is 11.2 Å². The molecule has 0 aliphatic carbocycles. The fourth-order valence-electron chi connectivity index (χ4n) is 1.95. The summed E-state index contributed by atoms with van der Waals surface area (Å²) in [6.45, 7) is 7.15. The molecule has 0 radical (unpaired) electrons. The normalized spacial score (nSPS) is 12.6. The van der Waals surface area contributed by atoms with Gasteiger partial charge < -0.3 is 10.4 Å². The number of carbonyl (C=O) groups is 1. The summed E-state index contributed by atoms with van der Waals surface area (Å²) in [5, 5.41) is 12.9. The lowest BCUT2D eigenvalue weighted by Crippen LogP contribution is -2.15. The molecule has 6 heteroatoms. The number of hydrogen-bond acceptors (Lipinski definition) is 5. The number of nitrogens with zero attached hydrogens (tertiary/aromatic N) is 2. The standard InChI is InChI=1S/C13H23N3O2S/c1-4-11-15-13(19-16-11)14-8-7-10(9(2)3)5-6-12(17)18/h9-10H,4-8H2,1-3H3,(H,17,18)(H,14,15,16). The van der Waals surface area contributed by atoms with Gasteiger partial charge in [-0.3, -0.25) is 4.79 Å². The molecular formula is C13H23N3O2S. The summed E-state index contributed by atoms with van der Waals surface area (Å²) < 4.78 is 4.22. The van der Waals surface area contributed by atoms with Crippen molar-refractivity contribution in [3.8, 4) is 0 Å². The zero-order chi connectivity index (χ0) is 14.3. The third-order valence-corrected chi connectivity index (χ3v) is 3.96. The lowest BCUT2D eigenvalue weighted by molar-refractivity contribution is -0.137. The number of aromatic nitrogens is 2. The number of carboxylic acids is 1. The lowest BCUT2D eigenvalue weighted by atomic mass is 9.88. The van der Waals surface area contributed by atoms with Crippen molar-refractivity contribution in [2.24, 2.45) is 11.8 Å². The van der Waals surface area contributed by atoms with Crippen molar-refractivity contribution in [2.45, 2.75) is 46.5 Å². The molecule has 0 saturated carbocycles. The predicted octanol–water partition coefficient (Wildman–Crippen LogP) is 3.04. The zero-order valence-corrected chi connectivity index (χ0v) is 12.7. The van der Waals surface area contributed by atoms with Crippen molar-refractivity contribution >= 4 is 22.6 Å². The van der Waals surface area contributed by atoms with Gasteiger partial charge in [0.05, 0.1) is 0 Å². The van der Waals surface area contributed by atoms with Crippen molar-refractivity contribution < 1.29 is 9.90 Å². The molecule has 0 spiro atoms. The highest BCUT2D eigenvalue weighted by Gasteiger charge is 2.15. The van der Waals surface area contributed by atoms with Crippen LogP contribution in [-0.4, -0.2) is 27.0 Å². The molecule has 0 bridgehead atoms. The van der Waals surface area contributed by atoms with Gasteiger partial charge >= 0.3 is 5.97 Å². The fourth-order valence-corrected chi connectivity index (χ4v) is 2.63. The van der Waals surface area contributed by atoms with E-state index < -0.39 is 5.97 Å². The van der Waals surface area contributed by atoms with E-state index in [1.165, 1.54) is 11.5 Å². The predicted molar refractivity (Wildman–Crippen MR) is 77.6 cm³/mol. The summed E-state index contributed by atoms with van der Waals surface area (Å²) in [6.07, 6.45) is 2.81. The van der Waals surface area contributed by atoms with E-state index >= 15 is 0 Å². The molecule has 0 fully saturated rings. The van der Waals surface area contributed by atoms with Gasteiger partial charge in [0.25, 0.3) is 0 Å². The first-order valence-electron chi connectivity index (χ1n) is 6.81. The number of hydrogen-bond donors (Lipinski definition) is 2. The van der Waals surface area contributed by atoms with Crippen LogP contribution in [0.3, 0.4) is 0 Å². The molecule has 1 heterocycles. The minimum Gasteiger partial charge on any atom is -0.481 e. The fraction of sp³-hybridized carbons (Fsp3) is 0.769. The molecule has 0 aromatic carbocycles. The highest BCUT2D eigenvalue weighted by atomic mass is 32.1.